The van der Waals surface area contributed by atoms with Gasteiger partial charge in [0.1, 0.15) is 5.75 Å². The average Bonchev–Trinajstić information content (AvgIpc) is 2.83. The van der Waals surface area contributed by atoms with Crippen LogP contribution < -0.4 is 9.47 Å². The number of aliphatic carboxylic acids is 1. The molecular formula is C27H37NO6. The molecule has 7 heteroatoms. The van der Waals surface area contributed by atoms with Crippen molar-refractivity contribution < 1.29 is 29.6 Å². The number of hydrogen-bond donors (Lipinski definition) is 3. The molecule has 1 aliphatic carbocycles. The van der Waals surface area contributed by atoms with Crippen molar-refractivity contribution in [1.82, 2.24) is 4.90 Å². The molecule has 2 aromatic rings. The largest absolute Gasteiger partial charge is 0.504 e. The van der Waals surface area contributed by atoms with Crippen molar-refractivity contribution in [3.63, 3.8) is 0 Å². The molecule has 1 atom stereocenters. The van der Waals surface area contributed by atoms with Gasteiger partial charge in [-0.2, -0.15) is 0 Å². The molecule has 0 aliphatic heterocycles. The van der Waals surface area contributed by atoms with Gasteiger partial charge in [-0.05, 0) is 68.4 Å². The zero-order valence-electron chi connectivity index (χ0n) is 20.5. The first kappa shape index (κ1) is 27.2. The fourth-order valence-corrected chi connectivity index (χ4v) is 4.26. The number of carboxylic acids is 1. The highest BCUT2D eigenvalue weighted by molar-refractivity contribution is 5.85. The molecule has 186 valence electrons. The SMILES string of the molecule is COc1cc(C=CC(=O)O)ccc1O.COc1ccc(C(CN(C)C)C2(O)CCCCC2)cc1. The molecular weight excluding hydrogens is 434 g/mol. The number of phenolic OH excluding ortho intramolecular Hbond substituents is 1. The van der Waals surface area contributed by atoms with Crippen LogP contribution in [0.2, 0.25) is 0 Å². The van der Waals surface area contributed by atoms with Gasteiger partial charge < -0.3 is 29.7 Å². The lowest BCUT2D eigenvalue weighted by molar-refractivity contribution is -0.131. The van der Waals surface area contributed by atoms with E-state index in [-0.39, 0.29) is 11.7 Å². The molecule has 0 bridgehead atoms. The van der Waals surface area contributed by atoms with Gasteiger partial charge in [0, 0.05) is 18.5 Å². The summed E-state index contributed by atoms with van der Waals surface area (Å²) < 4.78 is 10.1. The van der Waals surface area contributed by atoms with Crippen LogP contribution in [0, 0.1) is 0 Å². The van der Waals surface area contributed by atoms with Crippen molar-refractivity contribution >= 4 is 12.0 Å². The summed E-state index contributed by atoms with van der Waals surface area (Å²) in [6.45, 7) is 0.878. The number of hydrogen-bond acceptors (Lipinski definition) is 6. The Kier molecular flexibility index (Phi) is 10.4. The van der Waals surface area contributed by atoms with Crippen LogP contribution in [0.15, 0.2) is 48.5 Å². The van der Waals surface area contributed by atoms with Crippen LogP contribution in [-0.4, -0.2) is 66.6 Å². The lowest BCUT2D eigenvalue weighted by atomic mass is 9.72. The molecule has 2 aromatic carbocycles. The van der Waals surface area contributed by atoms with E-state index in [1.807, 2.05) is 12.1 Å². The first-order valence-electron chi connectivity index (χ1n) is 11.5. The third-order valence-electron chi connectivity index (χ3n) is 6.06. The van der Waals surface area contributed by atoms with Gasteiger partial charge in [-0.1, -0.05) is 37.5 Å². The number of rotatable bonds is 8. The van der Waals surface area contributed by atoms with Gasteiger partial charge in [-0.3, -0.25) is 0 Å². The minimum atomic E-state index is -1.02. The van der Waals surface area contributed by atoms with E-state index >= 15 is 0 Å². The predicted octanol–water partition coefficient (Wildman–Crippen LogP) is 4.53. The molecule has 3 rings (SSSR count). The van der Waals surface area contributed by atoms with Gasteiger partial charge in [-0.15, -0.1) is 0 Å². The monoisotopic (exact) mass is 471 g/mol. The fraction of sp³-hybridized carbons (Fsp3) is 0.444. The predicted molar refractivity (Wildman–Crippen MR) is 134 cm³/mol. The van der Waals surface area contributed by atoms with Gasteiger partial charge in [0.15, 0.2) is 11.5 Å². The maximum Gasteiger partial charge on any atom is 0.328 e. The van der Waals surface area contributed by atoms with Crippen molar-refractivity contribution in [1.29, 1.82) is 0 Å². The minimum absolute atomic E-state index is 0.0278. The molecule has 1 fully saturated rings. The zero-order chi connectivity index (χ0) is 25.1. The molecule has 0 saturated heterocycles. The molecule has 0 radical (unpaired) electrons. The summed E-state index contributed by atoms with van der Waals surface area (Å²) in [5.41, 5.74) is 1.31. The second-order valence-electron chi connectivity index (χ2n) is 8.86. The number of aliphatic hydroxyl groups is 1. The average molecular weight is 472 g/mol. The Morgan fingerprint density at radius 2 is 1.71 bits per heavy atom. The first-order chi connectivity index (χ1) is 16.2. The minimum Gasteiger partial charge on any atom is -0.504 e. The van der Waals surface area contributed by atoms with Crippen LogP contribution in [0.4, 0.5) is 0 Å². The summed E-state index contributed by atoms with van der Waals surface area (Å²) in [4.78, 5) is 12.4. The zero-order valence-corrected chi connectivity index (χ0v) is 20.5. The third kappa shape index (κ3) is 8.08. The van der Waals surface area contributed by atoms with Crippen LogP contribution in [0.1, 0.15) is 49.1 Å². The summed E-state index contributed by atoms with van der Waals surface area (Å²) in [5.74, 6) is 0.367. The van der Waals surface area contributed by atoms with Crippen LogP contribution in [0.3, 0.4) is 0 Å². The highest BCUT2D eigenvalue weighted by Gasteiger charge is 2.38. The van der Waals surface area contributed by atoms with E-state index in [0.717, 1.165) is 44.1 Å². The lowest BCUT2D eigenvalue weighted by Gasteiger charge is -2.40. The number of benzene rings is 2. The number of phenols is 1. The van der Waals surface area contributed by atoms with E-state index in [1.54, 1.807) is 19.2 Å². The van der Waals surface area contributed by atoms with Crippen molar-refractivity contribution in [2.45, 2.75) is 43.6 Å². The van der Waals surface area contributed by atoms with E-state index in [4.69, 9.17) is 14.6 Å². The second kappa shape index (κ2) is 13.0. The molecule has 0 spiro atoms. The van der Waals surface area contributed by atoms with Crippen molar-refractivity contribution in [3.8, 4) is 17.2 Å². The van der Waals surface area contributed by atoms with E-state index < -0.39 is 11.6 Å². The van der Waals surface area contributed by atoms with Crippen molar-refractivity contribution in [2.75, 3.05) is 34.9 Å². The topological polar surface area (TPSA) is 99.5 Å². The van der Waals surface area contributed by atoms with Gasteiger partial charge >= 0.3 is 5.97 Å². The normalized spacial score (nSPS) is 15.9. The Morgan fingerprint density at radius 3 is 2.24 bits per heavy atom. The molecule has 0 amide bonds. The molecule has 7 nitrogen and oxygen atoms in total. The molecule has 34 heavy (non-hydrogen) atoms. The number of nitrogens with zero attached hydrogens (tertiary/aromatic N) is 1. The van der Waals surface area contributed by atoms with Gasteiger partial charge in [0.2, 0.25) is 0 Å². The number of aromatic hydroxyl groups is 1. The number of ether oxygens (including phenoxy) is 2. The molecule has 0 aromatic heterocycles. The van der Waals surface area contributed by atoms with E-state index in [0.29, 0.717) is 11.3 Å². The number of carboxylic acid groups (broad SMARTS) is 1. The summed E-state index contributed by atoms with van der Waals surface area (Å²) in [7, 11) is 7.26. The van der Waals surface area contributed by atoms with Gasteiger partial charge in [0.05, 0.1) is 19.8 Å². The molecule has 0 heterocycles. The number of carbonyl (C=O) groups is 1. The standard InChI is InChI=1S/C17H27NO2.C10H10O4/c1-18(2)13-16(17(19)11-5-4-6-12-17)14-7-9-15(20-3)10-8-14;1-14-9-6-7(2-4-8(9)11)3-5-10(12)13/h7-10,16,19H,4-6,11-13H2,1-3H3;2-6,11H,1H3,(H,12,13). The highest BCUT2D eigenvalue weighted by Crippen LogP contribution is 2.40. The second-order valence-corrected chi connectivity index (χ2v) is 8.86. The summed E-state index contributed by atoms with van der Waals surface area (Å²) in [5, 5.41) is 28.7. The Bertz CT molecular complexity index is 933. The van der Waals surface area contributed by atoms with Crippen LogP contribution >= 0.6 is 0 Å². The van der Waals surface area contributed by atoms with Crippen LogP contribution in [-0.2, 0) is 4.79 Å². The van der Waals surface area contributed by atoms with Crippen LogP contribution in [0.25, 0.3) is 6.08 Å². The fourth-order valence-electron chi connectivity index (χ4n) is 4.26. The highest BCUT2D eigenvalue weighted by atomic mass is 16.5. The smallest absolute Gasteiger partial charge is 0.328 e. The molecule has 1 saturated carbocycles. The Balaban J connectivity index is 0.000000257. The Morgan fingerprint density at radius 1 is 1.06 bits per heavy atom. The van der Waals surface area contributed by atoms with E-state index in [1.165, 1.54) is 31.2 Å². The quantitative estimate of drug-likeness (QED) is 0.486. The first-order valence-corrected chi connectivity index (χ1v) is 11.5. The molecule has 1 unspecified atom stereocenters. The Hall–Kier alpha value is -3.03. The molecule has 3 N–H and O–H groups in total. The van der Waals surface area contributed by atoms with Gasteiger partial charge in [-0.25, -0.2) is 4.79 Å². The Labute approximate surface area is 202 Å². The molecule has 1 aliphatic rings. The summed E-state index contributed by atoms with van der Waals surface area (Å²) >= 11 is 0. The van der Waals surface area contributed by atoms with E-state index in [9.17, 15) is 15.0 Å². The number of methoxy groups -OCH3 is 2. The van der Waals surface area contributed by atoms with Crippen molar-refractivity contribution in [3.05, 3.63) is 59.7 Å². The van der Waals surface area contributed by atoms with Crippen molar-refractivity contribution in [2.24, 2.45) is 0 Å². The summed E-state index contributed by atoms with van der Waals surface area (Å²) in [6, 6.07) is 12.8. The lowest BCUT2D eigenvalue weighted by Crippen LogP contribution is -2.42. The van der Waals surface area contributed by atoms with Crippen LogP contribution in [0.5, 0.6) is 17.2 Å². The van der Waals surface area contributed by atoms with Gasteiger partial charge in [0.25, 0.3) is 0 Å². The maximum atomic E-state index is 11.1. The van der Waals surface area contributed by atoms with E-state index in [2.05, 4.69) is 31.1 Å². The number of likely N-dealkylation sites (N-methyl/N-ethyl adjacent to an activating group) is 1. The third-order valence-corrected chi connectivity index (χ3v) is 6.06. The maximum absolute atomic E-state index is 11.1. The summed E-state index contributed by atoms with van der Waals surface area (Å²) in [6.07, 6.45) is 7.79.